The van der Waals surface area contributed by atoms with Crippen molar-refractivity contribution in [1.82, 2.24) is 10.2 Å². The minimum Gasteiger partial charge on any atom is -0.481 e. The van der Waals surface area contributed by atoms with E-state index in [1.807, 2.05) is 6.26 Å². The van der Waals surface area contributed by atoms with E-state index < -0.39 is 6.10 Å². The molecule has 1 heterocycles. The highest BCUT2D eigenvalue weighted by atomic mass is 32.2. The molecule has 1 aromatic heterocycles. The predicted octanol–water partition coefficient (Wildman–Crippen LogP) is 2.81. The second-order valence-electron chi connectivity index (χ2n) is 3.78. The first kappa shape index (κ1) is 14.7. The van der Waals surface area contributed by atoms with Gasteiger partial charge in [0, 0.05) is 0 Å². The van der Waals surface area contributed by atoms with Gasteiger partial charge in [0.2, 0.25) is 5.13 Å². The number of benzene rings is 1. The van der Waals surface area contributed by atoms with E-state index in [1.165, 1.54) is 47.4 Å². The number of rotatable bonds is 5. The lowest BCUT2D eigenvalue weighted by Crippen LogP contribution is -2.30. The quantitative estimate of drug-likeness (QED) is 0.679. The van der Waals surface area contributed by atoms with Crippen LogP contribution in [0.2, 0.25) is 0 Å². The maximum absolute atomic E-state index is 12.8. The zero-order valence-electron chi connectivity index (χ0n) is 10.8. The van der Waals surface area contributed by atoms with Gasteiger partial charge >= 0.3 is 0 Å². The van der Waals surface area contributed by atoms with E-state index in [0.29, 0.717) is 10.9 Å². The van der Waals surface area contributed by atoms with Crippen molar-refractivity contribution in [2.75, 3.05) is 11.6 Å². The summed E-state index contributed by atoms with van der Waals surface area (Å²) < 4.78 is 18.9. The average molecular weight is 313 g/mol. The summed E-state index contributed by atoms with van der Waals surface area (Å²) in [5, 5.41) is 10.8. The first-order valence-electron chi connectivity index (χ1n) is 5.69. The summed E-state index contributed by atoms with van der Waals surface area (Å²) in [4.78, 5) is 11.9. The molecule has 1 atom stereocenters. The fraction of sp³-hybridized carbons (Fsp3) is 0.250. The number of hydrogen-bond acceptors (Lipinski definition) is 6. The normalized spacial score (nSPS) is 11.9. The molecule has 1 aromatic carbocycles. The summed E-state index contributed by atoms with van der Waals surface area (Å²) in [6.07, 6.45) is 1.16. The van der Waals surface area contributed by atoms with Gasteiger partial charge in [-0.1, -0.05) is 23.1 Å². The van der Waals surface area contributed by atoms with Gasteiger partial charge in [0.25, 0.3) is 5.91 Å². The Kier molecular flexibility index (Phi) is 4.91. The Morgan fingerprint density at radius 3 is 2.70 bits per heavy atom. The van der Waals surface area contributed by atoms with E-state index in [1.54, 1.807) is 6.92 Å². The van der Waals surface area contributed by atoms with Crippen LogP contribution >= 0.6 is 23.1 Å². The maximum Gasteiger partial charge on any atom is 0.266 e. The van der Waals surface area contributed by atoms with Crippen LogP contribution in [0.25, 0.3) is 0 Å². The molecule has 106 valence electrons. The number of aromatic nitrogens is 2. The molecule has 0 aliphatic rings. The minimum absolute atomic E-state index is 0.335. The molecule has 2 aromatic rings. The molecular formula is C12H12FN3O2S2. The highest BCUT2D eigenvalue weighted by Gasteiger charge is 2.16. The van der Waals surface area contributed by atoms with Crippen molar-refractivity contribution in [2.45, 2.75) is 17.4 Å². The zero-order chi connectivity index (χ0) is 14.5. The first-order chi connectivity index (χ1) is 9.58. The van der Waals surface area contributed by atoms with Crippen LogP contribution < -0.4 is 10.1 Å². The SMILES string of the molecule is CSc1nnc(NC(=O)C(C)Oc2ccc(F)cc2)s1. The van der Waals surface area contributed by atoms with Gasteiger partial charge in [-0.05, 0) is 37.4 Å². The number of ether oxygens (including phenoxy) is 1. The van der Waals surface area contributed by atoms with Crippen molar-refractivity contribution in [1.29, 1.82) is 0 Å². The predicted molar refractivity (Wildman–Crippen MR) is 76.8 cm³/mol. The lowest BCUT2D eigenvalue weighted by molar-refractivity contribution is -0.122. The van der Waals surface area contributed by atoms with Crippen molar-refractivity contribution >= 4 is 34.1 Å². The number of carbonyl (C=O) groups is 1. The fourth-order valence-corrected chi connectivity index (χ4v) is 2.49. The highest BCUT2D eigenvalue weighted by molar-refractivity contribution is 8.00. The molecule has 0 radical (unpaired) electrons. The van der Waals surface area contributed by atoms with Gasteiger partial charge in [-0.3, -0.25) is 10.1 Å². The van der Waals surface area contributed by atoms with E-state index in [4.69, 9.17) is 4.74 Å². The molecule has 0 saturated carbocycles. The van der Waals surface area contributed by atoms with Crippen LogP contribution in [0.5, 0.6) is 5.75 Å². The van der Waals surface area contributed by atoms with Crippen molar-refractivity contribution < 1.29 is 13.9 Å². The highest BCUT2D eigenvalue weighted by Crippen LogP contribution is 2.23. The Balaban J connectivity index is 1.93. The lowest BCUT2D eigenvalue weighted by Gasteiger charge is -2.13. The maximum atomic E-state index is 12.8. The van der Waals surface area contributed by atoms with Crippen LogP contribution in [0.4, 0.5) is 9.52 Å². The summed E-state index contributed by atoms with van der Waals surface area (Å²) in [5.41, 5.74) is 0. The monoisotopic (exact) mass is 313 g/mol. The van der Waals surface area contributed by atoms with Gasteiger partial charge in [-0.25, -0.2) is 4.39 Å². The molecule has 1 N–H and O–H groups in total. The summed E-state index contributed by atoms with van der Waals surface area (Å²) in [5.74, 6) is -0.262. The summed E-state index contributed by atoms with van der Waals surface area (Å²) in [7, 11) is 0. The smallest absolute Gasteiger partial charge is 0.266 e. The second kappa shape index (κ2) is 6.67. The molecule has 1 amide bonds. The topological polar surface area (TPSA) is 64.1 Å². The average Bonchev–Trinajstić information content (AvgIpc) is 2.89. The Labute approximate surface area is 123 Å². The molecular weight excluding hydrogens is 301 g/mol. The first-order valence-corrected chi connectivity index (χ1v) is 7.73. The number of thioether (sulfide) groups is 1. The number of anilines is 1. The fourth-order valence-electron chi connectivity index (χ4n) is 1.32. The van der Waals surface area contributed by atoms with Crippen LogP contribution in [0.3, 0.4) is 0 Å². The summed E-state index contributed by atoms with van der Waals surface area (Å²) >= 11 is 2.75. The van der Waals surface area contributed by atoms with Crippen molar-refractivity contribution in [3.63, 3.8) is 0 Å². The molecule has 0 spiro atoms. The number of amides is 1. The van der Waals surface area contributed by atoms with E-state index in [-0.39, 0.29) is 11.7 Å². The Hall–Kier alpha value is -1.67. The molecule has 0 fully saturated rings. The minimum atomic E-state index is -0.720. The Bertz CT molecular complexity index is 589. The molecule has 2 rings (SSSR count). The molecule has 0 bridgehead atoms. The van der Waals surface area contributed by atoms with Gasteiger partial charge in [0.1, 0.15) is 11.6 Å². The largest absolute Gasteiger partial charge is 0.481 e. The van der Waals surface area contributed by atoms with Crippen LogP contribution in [-0.4, -0.2) is 28.5 Å². The molecule has 5 nitrogen and oxygen atoms in total. The van der Waals surface area contributed by atoms with Gasteiger partial charge < -0.3 is 4.74 Å². The third-order valence-corrected chi connectivity index (χ3v) is 4.12. The molecule has 0 saturated heterocycles. The van der Waals surface area contributed by atoms with Gasteiger partial charge in [-0.2, -0.15) is 0 Å². The Morgan fingerprint density at radius 2 is 2.10 bits per heavy atom. The number of carbonyl (C=O) groups excluding carboxylic acids is 1. The number of nitrogens with zero attached hydrogens (tertiary/aromatic N) is 2. The molecule has 1 unspecified atom stereocenters. The zero-order valence-corrected chi connectivity index (χ0v) is 12.4. The number of nitrogens with one attached hydrogen (secondary N) is 1. The molecule has 0 aliphatic carbocycles. The van der Waals surface area contributed by atoms with E-state index in [0.717, 1.165) is 4.34 Å². The molecule has 8 heteroatoms. The number of hydrogen-bond donors (Lipinski definition) is 1. The lowest BCUT2D eigenvalue weighted by atomic mass is 10.3. The summed E-state index contributed by atoms with van der Waals surface area (Å²) in [6.45, 7) is 1.61. The standard InChI is InChI=1S/C12H12FN3O2S2/c1-7(18-9-5-3-8(13)4-6-9)10(17)14-11-15-16-12(19-2)20-11/h3-7H,1-2H3,(H,14,15,17). The van der Waals surface area contributed by atoms with Crippen molar-refractivity contribution in [2.24, 2.45) is 0 Å². The van der Waals surface area contributed by atoms with Crippen molar-refractivity contribution in [3.8, 4) is 5.75 Å². The third-order valence-electron chi connectivity index (χ3n) is 2.31. The molecule has 20 heavy (non-hydrogen) atoms. The van der Waals surface area contributed by atoms with E-state index >= 15 is 0 Å². The Morgan fingerprint density at radius 1 is 1.40 bits per heavy atom. The second-order valence-corrected chi connectivity index (χ2v) is 5.81. The van der Waals surface area contributed by atoms with Crippen LogP contribution in [0, 0.1) is 5.82 Å². The van der Waals surface area contributed by atoms with Crippen LogP contribution in [0.15, 0.2) is 28.6 Å². The van der Waals surface area contributed by atoms with Gasteiger partial charge in [0.15, 0.2) is 10.4 Å². The summed E-state index contributed by atoms with van der Waals surface area (Å²) in [6, 6.07) is 5.48. The van der Waals surface area contributed by atoms with Gasteiger partial charge in [-0.15, -0.1) is 10.2 Å². The van der Waals surface area contributed by atoms with E-state index in [2.05, 4.69) is 15.5 Å². The third kappa shape index (κ3) is 3.91. The molecule has 0 aliphatic heterocycles. The van der Waals surface area contributed by atoms with E-state index in [9.17, 15) is 9.18 Å². The van der Waals surface area contributed by atoms with Gasteiger partial charge in [0.05, 0.1) is 0 Å². The number of halogens is 1. The van der Waals surface area contributed by atoms with Crippen LogP contribution in [0.1, 0.15) is 6.92 Å². The van der Waals surface area contributed by atoms with Crippen LogP contribution in [-0.2, 0) is 4.79 Å². The van der Waals surface area contributed by atoms with Crippen molar-refractivity contribution in [3.05, 3.63) is 30.1 Å².